The Morgan fingerprint density at radius 3 is 2.65 bits per heavy atom. The molecule has 2 saturated heterocycles. The molecule has 2 unspecified atom stereocenters. The zero-order chi connectivity index (χ0) is 18.1. The quantitative estimate of drug-likeness (QED) is 0.853. The van der Waals surface area contributed by atoms with E-state index in [4.69, 9.17) is 5.26 Å². The summed E-state index contributed by atoms with van der Waals surface area (Å²) in [7, 11) is 1.99. The van der Waals surface area contributed by atoms with Crippen LogP contribution in [0, 0.1) is 11.3 Å². The second-order valence-electron chi connectivity index (χ2n) is 7.17. The van der Waals surface area contributed by atoms with Crippen LogP contribution in [-0.4, -0.2) is 46.3 Å². The van der Waals surface area contributed by atoms with Crippen molar-refractivity contribution >= 4 is 11.6 Å². The number of aryl methyl sites for hydroxylation is 1. The van der Waals surface area contributed by atoms with E-state index in [1.807, 2.05) is 35.0 Å². The van der Waals surface area contributed by atoms with E-state index in [9.17, 15) is 4.79 Å². The summed E-state index contributed by atoms with van der Waals surface area (Å²) in [4.78, 5) is 17.2. The topological polar surface area (TPSA) is 65.2 Å². The lowest BCUT2D eigenvalue weighted by Crippen LogP contribution is -2.46. The molecule has 134 valence electrons. The molecular formula is C20H23N5O. The molecule has 1 aromatic heterocycles. The van der Waals surface area contributed by atoms with Gasteiger partial charge in [-0.2, -0.15) is 10.4 Å². The molecule has 1 aromatic carbocycles. The first-order valence-electron chi connectivity index (χ1n) is 9.21. The van der Waals surface area contributed by atoms with Gasteiger partial charge >= 0.3 is 0 Å². The molecule has 0 radical (unpaired) electrons. The summed E-state index contributed by atoms with van der Waals surface area (Å²) in [5, 5.41) is 13.2. The Bertz CT molecular complexity index is 835. The molecule has 2 aromatic rings. The fourth-order valence-electron chi connectivity index (χ4n) is 4.29. The molecule has 6 nitrogen and oxygen atoms in total. The molecule has 6 heteroatoms. The Labute approximate surface area is 153 Å². The van der Waals surface area contributed by atoms with Crippen LogP contribution in [0.5, 0.6) is 0 Å². The van der Waals surface area contributed by atoms with Crippen LogP contribution in [0.4, 0.5) is 5.69 Å². The number of rotatable bonds is 3. The number of nitrogens with zero attached hydrogens (tertiary/aromatic N) is 5. The number of nitriles is 1. The summed E-state index contributed by atoms with van der Waals surface area (Å²) in [5.41, 5.74) is 2.76. The number of hydrogen-bond acceptors (Lipinski definition) is 4. The smallest absolute Gasteiger partial charge is 0.244 e. The summed E-state index contributed by atoms with van der Waals surface area (Å²) in [6.07, 6.45) is 4.96. The first-order valence-corrected chi connectivity index (χ1v) is 9.21. The predicted octanol–water partition coefficient (Wildman–Crippen LogP) is 2.28. The van der Waals surface area contributed by atoms with Gasteiger partial charge in [-0.15, -0.1) is 0 Å². The van der Waals surface area contributed by atoms with Crippen LogP contribution in [0.25, 0.3) is 0 Å². The van der Waals surface area contributed by atoms with Crippen LogP contribution in [-0.2, 0) is 11.8 Å². The standard InChI is InChI=1S/C20H23N5O/c1-23-18(8-10-22-23)16-3-2-11-24(14-16)19-9-12-25(20(19)26)17-6-4-15(13-21)5-7-17/h4-8,10,16,19H,2-3,9,11-12,14H2,1H3. The van der Waals surface area contributed by atoms with Gasteiger partial charge in [0.05, 0.1) is 17.7 Å². The van der Waals surface area contributed by atoms with Gasteiger partial charge < -0.3 is 4.90 Å². The van der Waals surface area contributed by atoms with Gasteiger partial charge in [-0.3, -0.25) is 14.4 Å². The van der Waals surface area contributed by atoms with Crippen molar-refractivity contribution in [1.29, 1.82) is 5.26 Å². The summed E-state index contributed by atoms with van der Waals surface area (Å²) in [6.45, 7) is 2.63. The molecule has 2 fully saturated rings. The molecule has 2 aliphatic heterocycles. The van der Waals surface area contributed by atoms with Gasteiger partial charge in [0.15, 0.2) is 0 Å². The van der Waals surface area contributed by atoms with Gasteiger partial charge in [0, 0.05) is 43.6 Å². The number of aromatic nitrogens is 2. The maximum absolute atomic E-state index is 13.0. The van der Waals surface area contributed by atoms with Crippen molar-refractivity contribution in [2.75, 3.05) is 24.5 Å². The highest BCUT2D eigenvalue weighted by molar-refractivity contribution is 5.99. The monoisotopic (exact) mass is 349 g/mol. The van der Waals surface area contributed by atoms with Crippen LogP contribution in [0.2, 0.25) is 0 Å². The second kappa shape index (κ2) is 6.93. The van der Waals surface area contributed by atoms with Crippen LogP contribution in [0.1, 0.15) is 36.4 Å². The zero-order valence-electron chi connectivity index (χ0n) is 15.0. The largest absolute Gasteiger partial charge is 0.311 e. The minimum Gasteiger partial charge on any atom is -0.311 e. The first kappa shape index (κ1) is 16.8. The van der Waals surface area contributed by atoms with Crippen molar-refractivity contribution in [1.82, 2.24) is 14.7 Å². The number of piperidine rings is 1. The molecule has 0 N–H and O–H groups in total. The summed E-state index contributed by atoms with van der Waals surface area (Å²) >= 11 is 0. The van der Waals surface area contributed by atoms with E-state index in [0.29, 0.717) is 11.5 Å². The van der Waals surface area contributed by atoms with Crippen molar-refractivity contribution in [3.8, 4) is 6.07 Å². The molecule has 1 amide bonds. The highest BCUT2D eigenvalue weighted by Crippen LogP contribution is 2.31. The summed E-state index contributed by atoms with van der Waals surface area (Å²) in [6, 6.07) is 11.5. The minimum atomic E-state index is -0.0401. The zero-order valence-corrected chi connectivity index (χ0v) is 15.0. The average molecular weight is 349 g/mol. The number of hydrogen-bond donors (Lipinski definition) is 0. The van der Waals surface area contributed by atoms with Crippen LogP contribution in [0.15, 0.2) is 36.5 Å². The van der Waals surface area contributed by atoms with Crippen LogP contribution < -0.4 is 4.90 Å². The number of benzene rings is 1. The third kappa shape index (κ3) is 2.99. The van der Waals surface area contributed by atoms with Gasteiger partial charge in [0.1, 0.15) is 0 Å². The van der Waals surface area contributed by atoms with Crippen LogP contribution in [0.3, 0.4) is 0 Å². The normalized spacial score (nSPS) is 24.0. The minimum absolute atomic E-state index is 0.0401. The molecule has 4 rings (SSSR count). The molecule has 0 spiro atoms. The lowest BCUT2D eigenvalue weighted by molar-refractivity contribution is -0.122. The summed E-state index contributed by atoms with van der Waals surface area (Å²) in [5.74, 6) is 0.619. The molecule has 0 saturated carbocycles. The van der Waals surface area contributed by atoms with Gasteiger partial charge in [-0.1, -0.05) is 0 Å². The number of carbonyl (C=O) groups is 1. The highest BCUT2D eigenvalue weighted by Gasteiger charge is 2.38. The van der Waals surface area contributed by atoms with E-state index < -0.39 is 0 Å². The van der Waals surface area contributed by atoms with E-state index in [1.54, 1.807) is 12.1 Å². The van der Waals surface area contributed by atoms with Crippen molar-refractivity contribution in [3.05, 3.63) is 47.8 Å². The van der Waals surface area contributed by atoms with Crippen molar-refractivity contribution < 1.29 is 4.79 Å². The molecule has 3 heterocycles. The Hall–Kier alpha value is -2.65. The number of anilines is 1. The first-order chi connectivity index (χ1) is 12.7. The molecule has 2 atom stereocenters. The molecule has 0 aliphatic carbocycles. The fourth-order valence-corrected chi connectivity index (χ4v) is 4.29. The van der Waals surface area contributed by atoms with E-state index in [0.717, 1.165) is 44.6 Å². The van der Waals surface area contributed by atoms with E-state index in [2.05, 4.69) is 22.1 Å². The average Bonchev–Trinajstić information content (AvgIpc) is 3.27. The third-order valence-corrected chi connectivity index (χ3v) is 5.66. The van der Waals surface area contributed by atoms with Crippen molar-refractivity contribution in [2.45, 2.75) is 31.2 Å². The van der Waals surface area contributed by atoms with Gasteiger partial charge in [-0.25, -0.2) is 0 Å². The molecule has 2 aliphatic rings. The Balaban J connectivity index is 1.47. The van der Waals surface area contributed by atoms with E-state index in [1.165, 1.54) is 5.69 Å². The van der Waals surface area contributed by atoms with Crippen molar-refractivity contribution in [3.63, 3.8) is 0 Å². The fraction of sp³-hybridized carbons (Fsp3) is 0.450. The van der Waals surface area contributed by atoms with Crippen LogP contribution >= 0.6 is 0 Å². The summed E-state index contributed by atoms with van der Waals surface area (Å²) < 4.78 is 1.95. The number of carbonyl (C=O) groups excluding carboxylic acids is 1. The number of likely N-dealkylation sites (tertiary alicyclic amines) is 1. The number of amides is 1. The maximum Gasteiger partial charge on any atom is 0.244 e. The predicted molar refractivity (Wildman–Crippen MR) is 98.7 cm³/mol. The van der Waals surface area contributed by atoms with E-state index >= 15 is 0 Å². The lowest BCUT2D eigenvalue weighted by atomic mass is 9.93. The highest BCUT2D eigenvalue weighted by atomic mass is 16.2. The van der Waals surface area contributed by atoms with Gasteiger partial charge in [0.25, 0.3) is 0 Å². The van der Waals surface area contributed by atoms with Gasteiger partial charge in [-0.05, 0) is 56.1 Å². The Morgan fingerprint density at radius 2 is 1.96 bits per heavy atom. The SMILES string of the molecule is Cn1nccc1C1CCCN(C2CCN(c3ccc(C#N)cc3)C2=O)C1. The van der Waals surface area contributed by atoms with Gasteiger partial charge in [0.2, 0.25) is 5.91 Å². The third-order valence-electron chi connectivity index (χ3n) is 5.66. The Morgan fingerprint density at radius 1 is 1.15 bits per heavy atom. The van der Waals surface area contributed by atoms with Crippen molar-refractivity contribution in [2.24, 2.45) is 7.05 Å². The second-order valence-corrected chi connectivity index (χ2v) is 7.17. The Kier molecular flexibility index (Phi) is 4.48. The lowest BCUT2D eigenvalue weighted by Gasteiger charge is -2.36. The molecular weight excluding hydrogens is 326 g/mol. The van der Waals surface area contributed by atoms with E-state index in [-0.39, 0.29) is 11.9 Å². The maximum atomic E-state index is 13.0. The molecule has 0 bridgehead atoms. The molecule has 26 heavy (non-hydrogen) atoms.